The van der Waals surface area contributed by atoms with E-state index in [1.54, 1.807) is 0 Å². The van der Waals surface area contributed by atoms with Gasteiger partial charge < -0.3 is 8.85 Å². The van der Waals surface area contributed by atoms with E-state index < -0.39 is 15.8 Å². The van der Waals surface area contributed by atoms with Crippen LogP contribution in [0, 0.1) is 0 Å². The van der Waals surface area contributed by atoms with Crippen LogP contribution in [-0.2, 0) is 8.85 Å². The summed E-state index contributed by atoms with van der Waals surface area (Å²) < 4.78 is 12.5. The summed E-state index contributed by atoms with van der Waals surface area (Å²) in [5.74, 6) is 1.26. The third-order valence-corrected chi connectivity index (χ3v) is 17.2. The summed E-state index contributed by atoms with van der Waals surface area (Å²) >= 11 is 2.23. The zero-order chi connectivity index (χ0) is 18.0. The summed E-state index contributed by atoms with van der Waals surface area (Å²) in [6, 6.07) is 1.14. The fraction of sp³-hybridized carbons (Fsp3) is 1.00. The van der Waals surface area contributed by atoms with Gasteiger partial charge in [0.2, 0.25) is 0 Å². The van der Waals surface area contributed by atoms with E-state index in [2.05, 4.69) is 65.5 Å². The summed E-state index contributed by atoms with van der Waals surface area (Å²) in [5, 5.41) is 0.466. The average molecular weight is 379 g/mol. The lowest BCUT2D eigenvalue weighted by atomic mass is 10.2. The molecular formula is C18H42O2SSi2. The van der Waals surface area contributed by atoms with Crippen LogP contribution in [0.15, 0.2) is 0 Å². The molecule has 0 spiro atoms. The van der Waals surface area contributed by atoms with Gasteiger partial charge in [0.25, 0.3) is 0 Å². The van der Waals surface area contributed by atoms with Crippen molar-refractivity contribution in [2.75, 3.05) is 19.0 Å². The maximum absolute atomic E-state index is 6.23. The van der Waals surface area contributed by atoms with Gasteiger partial charge in [-0.1, -0.05) is 60.6 Å². The molecule has 0 saturated heterocycles. The Bertz CT molecular complexity index is 294. The third kappa shape index (κ3) is 10.3. The summed E-state index contributed by atoms with van der Waals surface area (Å²) in [6.45, 7) is 20.7. The molecule has 0 aromatic heterocycles. The second-order valence-corrected chi connectivity index (χ2v) is 20.7. The lowest BCUT2D eigenvalue weighted by Crippen LogP contribution is -2.40. The Morgan fingerprint density at radius 3 is 1.70 bits per heavy atom. The van der Waals surface area contributed by atoms with Gasteiger partial charge in [-0.3, -0.25) is 0 Å². The molecule has 2 nitrogen and oxygen atoms in total. The molecule has 0 amide bonds. The van der Waals surface area contributed by atoms with Crippen LogP contribution in [0.5, 0.6) is 0 Å². The highest BCUT2D eigenvalue weighted by atomic mass is 32.4. The highest BCUT2D eigenvalue weighted by Crippen LogP contribution is 2.43. The van der Waals surface area contributed by atoms with Crippen LogP contribution < -0.4 is 0 Å². The molecule has 0 radical (unpaired) electrons. The Balaban J connectivity index is 4.31. The van der Waals surface area contributed by atoms with Crippen LogP contribution in [0.3, 0.4) is 0 Å². The minimum atomic E-state index is -1.96. The molecule has 0 aliphatic rings. The van der Waals surface area contributed by atoms with Gasteiger partial charge in [0.1, 0.15) is 7.22 Å². The highest BCUT2D eigenvalue weighted by molar-refractivity contribution is 8.29. The first-order chi connectivity index (χ1) is 10.6. The van der Waals surface area contributed by atoms with Crippen molar-refractivity contribution >= 4 is 27.0 Å². The zero-order valence-electron chi connectivity index (χ0n) is 17.1. The minimum Gasteiger partial charge on any atom is -0.394 e. The van der Waals surface area contributed by atoms with Crippen LogP contribution in [0.2, 0.25) is 30.7 Å². The third-order valence-electron chi connectivity index (χ3n) is 4.85. The molecule has 0 atom stereocenters. The van der Waals surface area contributed by atoms with E-state index in [9.17, 15) is 0 Å². The molecule has 0 unspecified atom stereocenters. The van der Waals surface area contributed by atoms with Crippen molar-refractivity contribution in [2.45, 2.75) is 97.4 Å². The first-order valence-corrected chi connectivity index (χ1v) is 16.7. The van der Waals surface area contributed by atoms with Gasteiger partial charge in [0.15, 0.2) is 0 Å². The van der Waals surface area contributed by atoms with Crippen molar-refractivity contribution < 1.29 is 8.85 Å². The van der Waals surface area contributed by atoms with Gasteiger partial charge in [0.05, 0.1) is 0 Å². The summed E-state index contributed by atoms with van der Waals surface area (Å²) in [7, 11) is -3.18. The molecule has 0 aliphatic carbocycles. The largest absolute Gasteiger partial charge is 0.394 e. The Labute approximate surface area is 152 Å². The highest BCUT2D eigenvalue weighted by Gasteiger charge is 2.36. The molecule has 0 heterocycles. The first-order valence-electron chi connectivity index (χ1n) is 9.50. The van der Waals surface area contributed by atoms with Gasteiger partial charge in [-0.25, -0.2) is 0 Å². The molecule has 23 heavy (non-hydrogen) atoms. The van der Waals surface area contributed by atoms with E-state index in [-0.39, 0.29) is 0 Å². The first kappa shape index (κ1) is 23.7. The Morgan fingerprint density at radius 2 is 1.30 bits per heavy atom. The molecule has 0 aliphatic heterocycles. The smallest absolute Gasteiger partial charge is 0.334 e. The van der Waals surface area contributed by atoms with Crippen LogP contribution in [0.4, 0.5) is 0 Å². The molecule has 5 heteroatoms. The maximum Gasteiger partial charge on any atom is 0.334 e. The lowest BCUT2D eigenvalue weighted by molar-refractivity contribution is 0.168. The predicted octanol–water partition coefficient (Wildman–Crippen LogP) is 6.82. The van der Waals surface area contributed by atoms with E-state index in [1.807, 2.05) is 0 Å². The van der Waals surface area contributed by atoms with E-state index in [4.69, 9.17) is 8.85 Å². The number of hydrogen-bond donors (Lipinski definition) is 0. The molecule has 0 rings (SSSR count). The van der Waals surface area contributed by atoms with Gasteiger partial charge in [0, 0.05) is 13.2 Å². The average Bonchev–Trinajstić information content (AvgIpc) is 2.43. The zero-order valence-corrected chi connectivity index (χ0v) is 19.9. The molecule has 0 N–H and O–H groups in total. The van der Waals surface area contributed by atoms with Crippen LogP contribution in [0.25, 0.3) is 0 Å². The maximum atomic E-state index is 6.23. The summed E-state index contributed by atoms with van der Waals surface area (Å²) in [4.78, 5) is 0. The van der Waals surface area contributed by atoms with Crippen LogP contribution in [0.1, 0.15) is 66.7 Å². The van der Waals surface area contributed by atoms with Gasteiger partial charge in [-0.2, -0.15) is 11.2 Å². The van der Waals surface area contributed by atoms with Gasteiger partial charge in [-0.05, 0) is 42.6 Å². The summed E-state index contributed by atoms with van der Waals surface area (Å²) in [6.07, 6.45) is 5.93. The van der Waals surface area contributed by atoms with Crippen molar-refractivity contribution in [2.24, 2.45) is 0 Å². The standard InChI is InChI=1S/C18H42O2SSi2/c1-9-11-14-19-23(8,20-15-12-10-2)17-13-16-21-22(6,7)18(3,4)5/h9-17H2,1-8H3. The van der Waals surface area contributed by atoms with Crippen molar-refractivity contribution in [3.8, 4) is 0 Å². The monoisotopic (exact) mass is 378 g/mol. The lowest BCUT2D eigenvalue weighted by Gasteiger charge is -2.36. The quantitative estimate of drug-likeness (QED) is 0.259. The molecule has 0 fully saturated rings. The van der Waals surface area contributed by atoms with E-state index in [1.165, 1.54) is 25.0 Å². The van der Waals surface area contributed by atoms with Gasteiger partial charge >= 0.3 is 8.56 Å². The molecule has 140 valence electrons. The second-order valence-electron chi connectivity index (χ2n) is 8.25. The van der Waals surface area contributed by atoms with Crippen molar-refractivity contribution in [1.29, 1.82) is 0 Å². The van der Waals surface area contributed by atoms with E-state index >= 15 is 0 Å². The Hall–Kier alpha value is 0.704. The van der Waals surface area contributed by atoms with Crippen LogP contribution >= 0.6 is 11.2 Å². The van der Waals surface area contributed by atoms with Crippen molar-refractivity contribution in [1.82, 2.24) is 0 Å². The molecule has 0 aromatic rings. The number of unbranched alkanes of at least 4 members (excludes halogenated alkanes) is 2. The molecule has 0 aromatic carbocycles. The van der Waals surface area contributed by atoms with Crippen LogP contribution in [-0.4, -0.2) is 34.8 Å². The predicted molar refractivity (Wildman–Crippen MR) is 112 cm³/mol. The summed E-state index contributed by atoms with van der Waals surface area (Å²) in [5.41, 5.74) is 0. The number of hydrogen-bond acceptors (Lipinski definition) is 3. The van der Waals surface area contributed by atoms with E-state index in [0.717, 1.165) is 32.1 Å². The van der Waals surface area contributed by atoms with Gasteiger partial charge in [-0.15, -0.1) is 0 Å². The molecule has 0 bridgehead atoms. The Kier molecular flexibility index (Phi) is 11.7. The topological polar surface area (TPSA) is 18.5 Å². The van der Waals surface area contributed by atoms with E-state index in [0.29, 0.717) is 5.04 Å². The molecular weight excluding hydrogens is 336 g/mol. The fourth-order valence-electron chi connectivity index (χ4n) is 1.99. The molecule has 0 saturated carbocycles. The SMILES string of the molecule is CCCCO[Si](C)(CCCS[Si](C)(C)C(C)(C)C)OCCCC. The normalized spacial score (nSPS) is 13.6. The Morgan fingerprint density at radius 1 is 0.826 bits per heavy atom. The fourth-order valence-corrected chi connectivity index (χ4v) is 9.08. The second kappa shape index (κ2) is 11.3. The van der Waals surface area contributed by atoms with Crippen molar-refractivity contribution in [3.05, 3.63) is 0 Å². The van der Waals surface area contributed by atoms with Crippen molar-refractivity contribution in [3.63, 3.8) is 0 Å². The number of rotatable bonds is 13. The minimum absolute atomic E-state index is 0.466.